The van der Waals surface area contributed by atoms with Gasteiger partial charge in [0.1, 0.15) is 5.54 Å². The van der Waals surface area contributed by atoms with Gasteiger partial charge in [0, 0.05) is 18.3 Å². The third-order valence-corrected chi connectivity index (χ3v) is 3.71. The topological polar surface area (TPSA) is 104 Å². The highest BCUT2D eigenvalue weighted by atomic mass is 32.2. The number of nitrogens with one attached hydrogen (secondary N) is 1. The molecule has 0 spiro atoms. The van der Waals surface area contributed by atoms with Crippen molar-refractivity contribution in [3.05, 3.63) is 29.8 Å². The Morgan fingerprint density at radius 1 is 1.19 bits per heavy atom. The lowest BCUT2D eigenvalue weighted by Crippen LogP contribution is -2.50. The summed E-state index contributed by atoms with van der Waals surface area (Å²) in [6, 6.07) is 5.75. The minimum Gasteiger partial charge on any atom is -0.480 e. The summed E-state index contributed by atoms with van der Waals surface area (Å²) in [5, 5.41) is 9.11. The molecule has 0 aromatic heterocycles. The van der Waals surface area contributed by atoms with Gasteiger partial charge in [0.05, 0.1) is 6.26 Å². The normalized spacial score (nSPS) is 11.8. The van der Waals surface area contributed by atoms with Crippen LogP contribution in [0.3, 0.4) is 0 Å². The Hall–Kier alpha value is -2.09. The minimum absolute atomic E-state index is 0.269. The maximum atomic E-state index is 12.2. The highest BCUT2D eigenvalue weighted by molar-refractivity contribution is 7.92. The standard InChI is InChI=1S/C13H18N2O5S/c1-13(2,12(17)18)15(3)11(16)9-5-7-10(8-6-9)14-21(4,19)20/h5-8,14H,1-4H3,(H,17,18). The van der Waals surface area contributed by atoms with E-state index in [0.29, 0.717) is 5.69 Å². The van der Waals surface area contributed by atoms with Crippen molar-refractivity contribution in [2.45, 2.75) is 19.4 Å². The zero-order valence-electron chi connectivity index (χ0n) is 12.2. The largest absolute Gasteiger partial charge is 0.480 e. The molecule has 0 heterocycles. The Balaban J connectivity index is 2.97. The van der Waals surface area contributed by atoms with Gasteiger partial charge in [-0.3, -0.25) is 9.52 Å². The molecule has 8 heteroatoms. The van der Waals surface area contributed by atoms with Crippen LogP contribution < -0.4 is 4.72 Å². The van der Waals surface area contributed by atoms with Crippen LogP contribution in [0.5, 0.6) is 0 Å². The molecule has 1 aromatic carbocycles. The number of carboxylic acid groups (broad SMARTS) is 1. The lowest BCUT2D eigenvalue weighted by molar-refractivity contribution is -0.147. The third kappa shape index (κ3) is 4.19. The highest BCUT2D eigenvalue weighted by Crippen LogP contribution is 2.18. The second-order valence-electron chi connectivity index (χ2n) is 5.18. The van der Waals surface area contributed by atoms with E-state index in [-0.39, 0.29) is 5.56 Å². The molecule has 0 fully saturated rings. The molecule has 0 saturated carbocycles. The van der Waals surface area contributed by atoms with Crippen LogP contribution in [0.2, 0.25) is 0 Å². The van der Waals surface area contributed by atoms with Crippen LogP contribution in [-0.2, 0) is 14.8 Å². The molecular weight excluding hydrogens is 296 g/mol. The number of likely N-dealkylation sites (N-methyl/N-ethyl adjacent to an activating group) is 1. The molecule has 0 bridgehead atoms. The van der Waals surface area contributed by atoms with E-state index in [1.807, 2.05) is 0 Å². The molecule has 1 rings (SSSR count). The lowest BCUT2D eigenvalue weighted by Gasteiger charge is -2.31. The molecule has 2 N–H and O–H groups in total. The summed E-state index contributed by atoms with van der Waals surface area (Å²) < 4.78 is 24.4. The molecule has 0 aliphatic carbocycles. The van der Waals surface area contributed by atoms with E-state index in [4.69, 9.17) is 5.11 Å². The second-order valence-corrected chi connectivity index (χ2v) is 6.93. The summed E-state index contributed by atoms with van der Waals surface area (Å²) in [6.45, 7) is 2.85. The van der Waals surface area contributed by atoms with E-state index in [9.17, 15) is 18.0 Å². The Morgan fingerprint density at radius 3 is 2.05 bits per heavy atom. The quantitative estimate of drug-likeness (QED) is 0.843. The van der Waals surface area contributed by atoms with Crippen molar-refractivity contribution in [1.82, 2.24) is 4.90 Å². The van der Waals surface area contributed by atoms with E-state index in [1.54, 1.807) is 0 Å². The highest BCUT2D eigenvalue weighted by Gasteiger charge is 2.35. The zero-order chi connectivity index (χ0) is 16.4. The number of hydrogen-bond acceptors (Lipinski definition) is 4. The molecule has 7 nitrogen and oxygen atoms in total. The predicted molar refractivity (Wildman–Crippen MR) is 78.7 cm³/mol. The minimum atomic E-state index is -3.38. The molecule has 1 amide bonds. The van der Waals surface area contributed by atoms with Gasteiger partial charge in [0.25, 0.3) is 5.91 Å². The van der Waals surface area contributed by atoms with E-state index >= 15 is 0 Å². The van der Waals surface area contributed by atoms with Gasteiger partial charge in [0.2, 0.25) is 10.0 Å². The monoisotopic (exact) mass is 314 g/mol. The number of nitrogens with zero attached hydrogens (tertiary/aromatic N) is 1. The van der Waals surface area contributed by atoms with Crippen molar-refractivity contribution in [1.29, 1.82) is 0 Å². The molecule has 21 heavy (non-hydrogen) atoms. The van der Waals surface area contributed by atoms with Crippen LogP contribution >= 0.6 is 0 Å². The van der Waals surface area contributed by atoms with Crippen molar-refractivity contribution in [2.75, 3.05) is 18.0 Å². The summed E-state index contributed by atoms with van der Waals surface area (Å²) in [7, 11) is -1.98. The molecule has 0 unspecified atom stereocenters. The fourth-order valence-electron chi connectivity index (χ4n) is 1.49. The molecule has 0 aliphatic heterocycles. The van der Waals surface area contributed by atoms with E-state index in [2.05, 4.69) is 4.72 Å². The van der Waals surface area contributed by atoms with Gasteiger partial charge >= 0.3 is 5.97 Å². The summed E-state index contributed by atoms with van der Waals surface area (Å²) in [4.78, 5) is 24.5. The first-order valence-corrected chi connectivity index (χ1v) is 7.93. The van der Waals surface area contributed by atoms with E-state index in [1.165, 1.54) is 45.2 Å². The average Bonchev–Trinajstić information content (AvgIpc) is 2.35. The van der Waals surface area contributed by atoms with Crippen molar-refractivity contribution < 1.29 is 23.1 Å². The summed E-state index contributed by atoms with van der Waals surface area (Å²) in [5.74, 6) is -1.58. The van der Waals surface area contributed by atoms with Gasteiger partial charge in [-0.15, -0.1) is 0 Å². The average molecular weight is 314 g/mol. The van der Waals surface area contributed by atoms with Crippen molar-refractivity contribution in [3.63, 3.8) is 0 Å². The van der Waals surface area contributed by atoms with Crippen LogP contribution in [-0.4, -0.2) is 49.1 Å². The number of benzene rings is 1. The maximum Gasteiger partial charge on any atom is 0.329 e. The second kappa shape index (κ2) is 5.72. The Morgan fingerprint density at radius 2 is 1.67 bits per heavy atom. The van der Waals surface area contributed by atoms with Gasteiger partial charge in [-0.1, -0.05) is 0 Å². The first-order chi connectivity index (χ1) is 9.45. The number of carbonyl (C=O) groups is 2. The fourth-order valence-corrected chi connectivity index (χ4v) is 2.05. The van der Waals surface area contributed by atoms with Crippen molar-refractivity contribution in [3.8, 4) is 0 Å². The Labute approximate surface area is 123 Å². The molecular formula is C13H18N2O5S. The number of sulfonamides is 1. The molecule has 0 aliphatic rings. The summed E-state index contributed by atoms with van der Waals surface area (Å²) in [5.41, 5.74) is -0.749. The summed E-state index contributed by atoms with van der Waals surface area (Å²) in [6.07, 6.45) is 1.02. The number of carboxylic acids is 1. The number of hydrogen-bond donors (Lipinski definition) is 2. The van der Waals surface area contributed by atoms with E-state index < -0.39 is 27.4 Å². The first-order valence-electron chi connectivity index (χ1n) is 6.04. The van der Waals surface area contributed by atoms with Crippen LogP contribution in [0.1, 0.15) is 24.2 Å². The fraction of sp³-hybridized carbons (Fsp3) is 0.385. The maximum absolute atomic E-state index is 12.2. The van der Waals surface area contributed by atoms with Gasteiger partial charge in [-0.05, 0) is 38.1 Å². The SMILES string of the molecule is CN(C(=O)c1ccc(NS(C)(=O)=O)cc1)C(C)(C)C(=O)O. The van der Waals surface area contributed by atoms with Crippen LogP contribution in [0.15, 0.2) is 24.3 Å². The smallest absolute Gasteiger partial charge is 0.329 e. The molecule has 0 saturated heterocycles. The lowest BCUT2D eigenvalue weighted by atomic mass is 10.0. The van der Waals surface area contributed by atoms with Crippen LogP contribution in [0.4, 0.5) is 5.69 Å². The molecule has 0 atom stereocenters. The van der Waals surface area contributed by atoms with Gasteiger partial charge in [-0.25, -0.2) is 13.2 Å². The van der Waals surface area contributed by atoms with Gasteiger partial charge in [0.15, 0.2) is 0 Å². The van der Waals surface area contributed by atoms with Crippen LogP contribution in [0.25, 0.3) is 0 Å². The number of rotatable bonds is 5. The Bertz CT molecular complexity index is 650. The third-order valence-electron chi connectivity index (χ3n) is 3.10. The Kier molecular flexibility index (Phi) is 4.62. The van der Waals surface area contributed by atoms with Crippen molar-refractivity contribution in [2.24, 2.45) is 0 Å². The summed E-state index contributed by atoms with van der Waals surface area (Å²) >= 11 is 0. The number of amides is 1. The zero-order valence-corrected chi connectivity index (χ0v) is 13.1. The van der Waals surface area contributed by atoms with Crippen LogP contribution in [0, 0.1) is 0 Å². The molecule has 1 aromatic rings. The molecule has 116 valence electrons. The van der Waals surface area contributed by atoms with Crippen molar-refractivity contribution >= 4 is 27.6 Å². The predicted octanol–water partition coefficient (Wildman–Crippen LogP) is 0.993. The number of aliphatic carboxylic acids is 1. The van der Waals surface area contributed by atoms with Gasteiger partial charge < -0.3 is 10.0 Å². The first kappa shape index (κ1) is 17.0. The number of anilines is 1. The van der Waals surface area contributed by atoms with Gasteiger partial charge in [-0.2, -0.15) is 0 Å². The van der Waals surface area contributed by atoms with E-state index in [0.717, 1.165) is 11.2 Å². The number of carbonyl (C=O) groups excluding carboxylic acids is 1. The molecule has 0 radical (unpaired) electrons.